The maximum Gasteiger partial charge on any atom is 0.264 e. The number of fused-ring (bicyclic) bond motifs is 1. The van der Waals surface area contributed by atoms with Crippen molar-refractivity contribution in [3.8, 4) is 11.4 Å². The standard InChI is InChI=1S/C23H30FN5O2/c1-15(2)29-18-12-16(6-7-17(18)14-25-29)20-26-21(31-27-20)23(24)8-10-28(11-9-23)19(30)13-22(3,4)5/h6-7,12,14-15H,8-11,13H2,1-5H3. The molecule has 1 amide bonds. The molecule has 0 N–H and O–H groups in total. The van der Waals surface area contributed by atoms with Gasteiger partial charge >= 0.3 is 0 Å². The van der Waals surface area contributed by atoms with Gasteiger partial charge in [0.1, 0.15) is 0 Å². The number of rotatable bonds is 4. The summed E-state index contributed by atoms with van der Waals surface area (Å²) in [6.45, 7) is 10.9. The second-order valence-electron chi connectivity index (χ2n) is 9.96. The first kappa shape index (κ1) is 21.5. The van der Waals surface area contributed by atoms with E-state index in [9.17, 15) is 4.79 Å². The fourth-order valence-electron chi connectivity index (χ4n) is 4.00. The van der Waals surface area contributed by atoms with Crippen LogP contribution in [0.4, 0.5) is 4.39 Å². The molecule has 4 rings (SSSR count). The Morgan fingerprint density at radius 1 is 1.26 bits per heavy atom. The predicted molar refractivity (Wildman–Crippen MR) is 116 cm³/mol. The molecule has 0 bridgehead atoms. The summed E-state index contributed by atoms with van der Waals surface area (Å²) in [7, 11) is 0. The van der Waals surface area contributed by atoms with E-state index in [-0.39, 0.29) is 36.1 Å². The van der Waals surface area contributed by atoms with Gasteiger partial charge in [0.25, 0.3) is 5.89 Å². The first-order valence-electron chi connectivity index (χ1n) is 10.8. The maximum atomic E-state index is 15.6. The highest BCUT2D eigenvalue weighted by Gasteiger charge is 2.42. The number of piperidine rings is 1. The number of hydrogen-bond acceptors (Lipinski definition) is 5. The van der Waals surface area contributed by atoms with Gasteiger partial charge in [-0.15, -0.1) is 0 Å². The molecular weight excluding hydrogens is 397 g/mol. The zero-order chi connectivity index (χ0) is 22.4. The van der Waals surface area contributed by atoms with Gasteiger partial charge < -0.3 is 9.42 Å². The predicted octanol–water partition coefficient (Wildman–Crippen LogP) is 4.89. The molecule has 1 saturated heterocycles. The summed E-state index contributed by atoms with van der Waals surface area (Å²) in [6.07, 6.45) is 2.59. The lowest BCUT2D eigenvalue weighted by atomic mass is 9.89. The zero-order valence-corrected chi connectivity index (χ0v) is 18.9. The molecule has 2 aromatic heterocycles. The number of carbonyl (C=O) groups excluding carboxylic acids is 1. The van der Waals surface area contributed by atoms with Crippen molar-refractivity contribution in [1.29, 1.82) is 0 Å². The minimum Gasteiger partial charge on any atom is -0.342 e. The summed E-state index contributed by atoms with van der Waals surface area (Å²) >= 11 is 0. The largest absolute Gasteiger partial charge is 0.342 e. The number of nitrogens with zero attached hydrogens (tertiary/aromatic N) is 5. The molecule has 1 fully saturated rings. The van der Waals surface area contributed by atoms with Crippen molar-refractivity contribution in [3.63, 3.8) is 0 Å². The van der Waals surface area contributed by atoms with Crippen LogP contribution < -0.4 is 0 Å². The average Bonchev–Trinajstić information content (AvgIpc) is 3.34. The number of hydrogen-bond donors (Lipinski definition) is 0. The van der Waals surface area contributed by atoms with Gasteiger partial charge in [-0.2, -0.15) is 10.1 Å². The number of aromatic nitrogens is 4. The smallest absolute Gasteiger partial charge is 0.264 e. The summed E-state index contributed by atoms with van der Waals surface area (Å²) in [6, 6.07) is 6.02. The molecule has 1 aromatic carbocycles. The Balaban J connectivity index is 1.51. The molecule has 0 atom stereocenters. The SMILES string of the molecule is CC(C)n1ncc2ccc(-c3noc(C4(F)CCN(C(=O)CC(C)(C)C)CC4)n3)cc21. The Morgan fingerprint density at radius 3 is 2.61 bits per heavy atom. The number of alkyl halides is 1. The van der Waals surface area contributed by atoms with Gasteiger partial charge in [0.15, 0.2) is 5.67 Å². The quantitative estimate of drug-likeness (QED) is 0.592. The summed E-state index contributed by atoms with van der Waals surface area (Å²) in [5.41, 5.74) is -0.0757. The van der Waals surface area contributed by atoms with E-state index in [2.05, 4.69) is 29.1 Å². The monoisotopic (exact) mass is 427 g/mol. The summed E-state index contributed by atoms with van der Waals surface area (Å²) < 4.78 is 22.9. The van der Waals surface area contributed by atoms with Gasteiger partial charge in [-0.3, -0.25) is 9.48 Å². The average molecular weight is 428 g/mol. The highest BCUT2D eigenvalue weighted by atomic mass is 19.1. The lowest BCUT2D eigenvalue weighted by molar-refractivity contribution is -0.136. The number of halogens is 1. The van der Waals surface area contributed by atoms with Crippen LogP contribution in [-0.2, 0) is 10.5 Å². The van der Waals surface area contributed by atoms with Crippen LogP contribution in [0.3, 0.4) is 0 Å². The Hall–Kier alpha value is -2.77. The van der Waals surface area contributed by atoms with Crippen LogP contribution in [-0.4, -0.2) is 43.8 Å². The van der Waals surface area contributed by atoms with Crippen molar-refractivity contribution in [2.75, 3.05) is 13.1 Å². The molecule has 31 heavy (non-hydrogen) atoms. The molecule has 8 heteroatoms. The lowest BCUT2D eigenvalue weighted by Crippen LogP contribution is -2.44. The van der Waals surface area contributed by atoms with Gasteiger partial charge in [0, 0.05) is 49.3 Å². The topological polar surface area (TPSA) is 77.0 Å². The third-order valence-corrected chi connectivity index (χ3v) is 5.75. The molecule has 1 aliphatic heterocycles. The molecule has 0 radical (unpaired) electrons. The Morgan fingerprint density at radius 2 is 1.97 bits per heavy atom. The molecule has 0 spiro atoms. The van der Waals surface area contributed by atoms with Crippen molar-refractivity contribution in [2.45, 2.75) is 65.6 Å². The van der Waals surface area contributed by atoms with Crippen LogP contribution in [0.15, 0.2) is 28.9 Å². The van der Waals surface area contributed by atoms with Crippen LogP contribution in [0.25, 0.3) is 22.3 Å². The normalized spacial score (nSPS) is 16.9. The first-order valence-corrected chi connectivity index (χ1v) is 10.8. The first-order chi connectivity index (χ1) is 14.6. The number of amides is 1. The zero-order valence-electron chi connectivity index (χ0n) is 18.9. The van der Waals surface area contributed by atoms with Crippen molar-refractivity contribution in [1.82, 2.24) is 24.8 Å². The van der Waals surface area contributed by atoms with Gasteiger partial charge in [0.05, 0.1) is 11.7 Å². The Bertz CT molecular complexity index is 1090. The second-order valence-corrected chi connectivity index (χ2v) is 9.96. The molecule has 3 aromatic rings. The van der Waals surface area contributed by atoms with E-state index in [1.165, 1.54) is 0 Å². The lowest BCUT2D eigenvalue weighted by Gasteiger charge is -2.35. The van der Waals surface area contributed by atoms with Gasteiger partial charge in [0.2, 0.25) is 11.7 Å². The van der Waals surface area contributed by atoms with E-state index in [1.807, 2.05) is 49.8 Å². The minimum atomic E-state index is -1.71. The molecular formula is C23H30FN5O2. The summed E-state index contributed by atoms with van der Waals surface area (Å²) in [5, 5.41) is 9.49. The van der Waals surface area contributed by atoms with Crippen molar-refractivity contribution in [2.24, 2.45) is 5.41 Å². The minimum absolute atomic E-state index is 0.0112. The van der Waals surface area contributed by atoms with Crippen LogP contribution >= 0.6 is 0 Å². The van der Waals surface area contributed by atoms with Gasteiger partial charge in [-0.25, -0.2) is 4.39 Å². The van der Waals surface area contributed by atoms with Gasteiger partial charge in [-0.1, -0.05) is 38.1 Å². The highest BCUT2D eigenvalue weighted by molar-refractivity contribution is 5.83. The number of likely N-dealkylation sites (tertiary alicyclic amines) is 1. The third kappa shape index (κ3) is 4.34. The molecule has 3 heterocycles. The van der Waals surface area contributed by atoms with E-state index in [0.29, 0.717) is 25.3 Å². The fourth-order valence-corrected chi connectivity index (χ4v) is 4.00. The van der Waals surface area contributed by atoms with Crippen molar-refractivity contribution >= 4 is 16.8 Å². The van der Waals surface area contributed by atoms with E-state index < -0.39 is 5.67 Å². The van der Waals surface area contributed by atoms with Crippen molar-refractivity contribution in [3.05, 3.63) is 30.3 Å². The fraction of sp³-hybridized carbons (Fsp3) is 0.565. The third-order valence-electron chi connectivity index (χ3n) is 5.75. The number of carbonyl (C=O) groups is 1. The van der Waals surface area contributed by atoms with Crippen molar-refractivity contribution < 1.29 is 13.7 Å². The van der Waals surface area contributed by atoms with Crippen LogP contribution in [0.5, 0.6) is 0 Å². The van der Waals surface area contributed by atoms with E-state index >= 15 is 4.39 Å². The molecule has 0 saturated carbocycles. The Labute approximate surface area is 181 Å². The molecule has 1 aliphatic rings. The molecule has 0 aliphatic carbocycles. The van der Waals surface area contributed by atoms with Crippen LogP contribution in [0.1, 0.15) is 65.8 Å². The maximum absolute atomic E-state index is 15.6. The summed E-state index contributed by atoms with van der Waals surface area (Å²) in [5.74, 6) is 0.412. The van der Waals surface area contributed by atoms with Crippen LogP contribution in [0, 0.1) is 5.41 Å². The van der Waals surface area contributed by atoms with E-state index in [1.54, 1.807) is 4.90 Å². The Kier molecular flexibility index (Phi) is 5.35. The molecule has 166 valence electrons. The molecule has 0 unspecified atom stereocenters. The summed E-state index contributed by atoms with van der Waals surface area (Å²) in [4.78, 5) is 18.6. The number of benzene rings is 1. The molecule has 7 nitrogen and oxygen atoms in total. The van der Waals surface area contributed by atoms with Gasteiger partial charge in [-0.05, 0) is 25.3 Å². The van der Waals surface area contributed by atoms with E-state index in [0.717, 1.165) is 16.5 Å². The van der Waals surface area contributed by atoms with E-state index in [4.69, 9.17) is 4.52 Å². The highest BCUT2D eigenvalue weighted by Crippen LogP contribution is 2.37. The van der Waals surface area contributed by atoms with Crippen LogP contribution in [0.2, 0.25) is 0 Å². The second kappa shape index (κ2) is 7.73.